The van der Waals surface area contributed by atoms with Crippen LogP contribution in [-0.2, 0) is 11.8 Å². The van der Waals surface area contributed by atoms with Gasteiger partial charge in [-0.25, -0.2) is 4.98 Å². The molecule has 1 N–H and O–H groups in total. The van der Waals surface area contributed by atoms with E-state index in [2.05, 4.69) is 10.4 Å². The monoisotopic (exact) mass is 364 g/mol. The number of aromatic nitrogens is 3. The van der Waals surface area contributed by atoms with Gasteiger partial charge in [0.2, 0.25) is 0 Å². The predicted octanol–water partition coefficient (Wildman–Crippen LogP) is 3.16. The zero-order valence-electron chi connectivity index (χ0n) is 16.0. The van der Waals surface area contributed by atoms with Crippen molar-refractivity contribution in [2.24, 2.45) is 7.05 Å². The summed E-state index contributed by atoms with van der Waals surface area (Å²) in [4.78, 5) is 18.1. The number of nitrogens with zero attached hydrogens (tertiary/aromatic N) is 3. The van der Waals surface area contributed by atoms with Gasteiger partial charge in [0.05, 0.1) is 35.6 Å². The molecular weight excluding hydrogens is 340 g/mol. The number of ether oxygens (including phenoxy) is 1. The molecule has 0 aliphatic carbocycles. The smallest absolute Gasteiger partial charge is 0.252 e. The third-order valence-corrected chi connectivity index (χ3v) is 5.08. The Labute approximate surface area is 158 Å². The highest BCUT2D eigenvalue weighted by molar-refractivity contribution is 6.09. The highest BCUT2D eigenvalue weighted by Gasteiger charge is 2.23. The first-order chi connectivity index (χ1) is 13.0. The SMILES string of the molecule is Cc1ccc2nc(-c3cnn(C)c3)c(C)c(C(=O)N[C@@H]3CCCOC3)c2c1. The lowest BCUT2D eigenvalue weighted by molar-refractivity contribution is 0.0624. The number of carbonyl (C=O) groups excluding carboxylic acids is 1. The van der Waals surface area contributed by atoms with Crippen LogP contribution >= 0.6 is 0 Å². The van der Waals surface area contributed by atoms with Gasteiger partial charge in [-0.3, -0.25) is 9.48 Å². The van der Waals surface area contributed by atoms with E-state index in [9.17, 15) is 4.79 Å². The molecule has 6 nitrogen and oxygen atoms in total. The molecule has 0 radical (unpaired) electrons. The number of benzene rings is 1. The first-order valence-electron chi connectivity index (χ1n) is 9.31. The van der Waals surface area contributed by atoms with Crippen molar-refractivity contribution in [2.75, 3.05) is 13.2 Å². The largest absolute Gasteiger partial charge is 0.379 e. The van der Waals surface area contributed by atoms with Gasteiger partial charge in [-0.2, -0.15) is 5.10 Å². The molecule has 1 fully saturated rings. The maximum atomic E-state index is 13.2. The molecule has 1 atom stereocenters. The van der Waals surface area contributed by atoms with E-state index >= 15 is 0 Å². The van der Waals surface area contributed by atoms with Crippen LogP contribution in [-0.4, -0.2) is 39.9 Å². The number of rotatable bonds is 3. The number of pyridine rings is 1. The Kier molecular flexibility index (Phi) is 4.66. The van der Waals surface area contributed by atoms with Crippen LogP contribution in [0.15, 0.2) is 30.6 Å². The normalized spacial score (nSPS) is 17.2. The third kappa shape index (κ3) is 3.45. The molecule has 3 heterocycles. The van der Waals surface area contributed by atoms with Crippen molar-refractivity contribution < 1.29 is 9.53 Å². The fourth-order valence-corrected chi connectivity index (χ4v) is 3.70. The van der Waals surface area contributed by atoms with Crippen LogP contribution in [0.25, 0.3) is 22.2 Å². The standard InChI is InChI=1S/C21H24N4O2/c1-13-6-7-18-17(9-13)19(21(26)23-16-5-4-8-27-12-16)14(2)20(24-18)15-10-22-25(3)11-15/h6-7,9-11,16H,4-5,8,12H2,1-3H3,(H,23,26)/t16-/m1/s1. The molecule has 6 heteroatoms. The van der Waals surface area contributed by atoms with E-state index in [1.807, 2.05) is 45.3 Å². The van der Waals surface area contributed by atoms with E-state index in [1.54, 1.807) is 10.9 Å². The van der Waals surface area contributed by atoms with Crippen LogP contribution in [0.3, 0.4) is 0 Å². The Morgan fingerprint density at radius 3 is 2.89 bits per heavy atom. The summed E-state index contributed by atoms with van der Waals surface area (Å²) in [6.45, 7) is 5.33. The van der Waals surface area contributed by atoms with E-state index in [0.29, 0.717) is 12.2 Å². The van der Waals surface area contributed by atoms with Crippen molar-refractivity contribution in [2.45, 2.75) is 32.7 Å². The molecule has 3 aromatic rings. The predicted molar refractivity (Wildman–Crippen MR) is 105 cm³/mol. The second-order valence-corrected chi connectivity index (χ2v) is 7.27. The summed E-state index contributed by atoms with van der Waals surface area (Å²) in [6.07, 6.45) is 5.63. The highest BCUT2D eigenvalue weighted by atomic mass is 16.5. The van der Waals surface area contributed by atoms with Crippen molar-refractivity contribution in [3.8, 4) is 11.3 Å². The fraction of sp³-hybridized carbons (Fsp3) is 0.381. The first kappa shape index (κ1) is 17.7. The van der Waals surface area contributed by atoms with Gasteiger partial charge < -0.3 is 10.1 Å². The molecule has 2 aromatic heterocycles. The summed E-state index contributed by atoms with van der Waals surface area (Å²) in [6, 6.07) is 6.09. The van der Waals surface area contributed by atoms with Gasteiger partial charge >= 0.3 is 0 Å². The van der Waals surface area contributed by atoms with Crippen LogP contribution in [0, 0.1) is 13.8 Å². The molecule has 0 spiro atoms. The quantitative estimate of drug-likeness (QED) is 0.775. The van der Waals surface area contributed by atoms with Gasteiger partial charge in [-0.05, 0) is 44.4 Å². The van der Waals surface area contributed by atoms with E-state index in [0.717, 1.165) is 52.7 Å². The minimum Gasteiger partial charge on any atom is -0.379 e. The van der Waals surface area contributed by atoms with Crippen molar-refractivity contribution in [3.05, 3.63) is 47.3 Å². The Morgan fingerprint density at radius 1 is 1.33 bits per heavy atom. The molecular formula is C21H24N4O2. The summed E-state index contributed by atoms with van der Waals surface area (Å²) in [5.41, 5.74) is 5.18. The number of fused-ring (bicyclic) bond motifs is 1. The average molecular weight is 364 g/mol. The van der Waals surface area contributed by atoms with Crippen LogP contribution < -0.4 is 5.32 Å². The second-order valence-electron chi connectivity index (χ2n) is 7.27. The Balaban J connectivity index is 1.84. The second kappa shape index (κ2) is 7.12. The summed E-state index contributed by atoms with van der Waals surface area (Å²) < 4.78 is 7.26. The maximum absolute atomic E-state index is 13.2. The molecule has 0 saturated carbocycles. The van der Waals surface area contributed by atoms with Crippen LogP contribution in [0.4, 0.5) is 0 Å². The molecule has 1 saturated heterocycles. The number of hydrogen-bond acceptors (Lipinski definition) is 4. The molecule has 1 aromatic carbocycles. The molecule has 1 aliphatic heterocycles. The lowest BCUT2D eigenvalue weighted by Crippen LogP contribution is -2.41. The van der Waals surface area contributed by atoms with Crippen LogP contribution in [0.2, 0.25) is 0 Å². The lowest BCUT2D eigenvalue weighted by atomic mass is 9.97. The number of hydrogen-bond donors (Lipinski definition) is 1. The molecule has 0 unspecified atom stereocenters. The van der Waals surface area contributed by atoms with Gasteiger partial charge in [0.1, 0.15) is 0 Å². The minimum absolute atomic E-state index is 0.0560. The van der Waals surface area contributed by atoms with Crippen LogP contribution in [0.5, 0.6) is 0 Å². The van der Waals surface area contributed by atoms with Crippen molar-refractivity contribution >= 4 is 16.8 Å². The van der Waals surface area contributed by atoms with Gasteiger partial charge in [0.15, 0.2) is 0 Å². The summed E-state index contributed by atoms with van der Waals surface area (Å²) in [5, 5.41) is 8.30. The Bertz CT molecular complexity index is 1000. The molecule has 1 aliphatic rings. The molecule has 140 valence electrons. The Morgan fingerprint density at radius 2 is 2.19 bits per heavy atom. The zero-order valence-corrected chi connectivity index (χ0v) is 16.0. The van der Waals surface area contributed by atoms with E-state index < -0.39 is 0 Å². The van der Waals surface area contributed by atoms with Gasteiger partial charge in [0, 0.05) is 30.8 Å². The summed E-state index contributed by atoms with van der Waals surface area (Å²) in [5.74, 6) is -0.0638. The Hall–Kier alpha value is -2.73. The van der Waals surface area contributed by atoms with Crippen LogP contribution in [0.1, 0.15) is 34.3 Å². The summed E-state index contributed by atoms with van der Waals surface area (Å²) in [7, 11) is 1.87. The molecule has 0 bridgehead atoms. The third-order valence-electron chi connectivity index (χ3n) is 5.08. The topological polar surface area (TPSA) is 69.0 Å². The fourth-order valence-electron chi connectivity index (χ4n) is 3.70. The number of amides is 1. The molecule has 1 amide bonds. The average Bonchev–Trinajstić information content (AvgIpc) is 3.08. The minimum atomic E-state index is -0.0638. The number of carbonyl (C=O) groups is 1. The van der Waals surface area contributed by atoms with Crippen molar-refractivity contribution in [3.63, 3.8) is 0 Å². The highest BCUT2D eigenvalue weighted by Crippen LogP contribution is 2.30. The molecule has 27 heavy (non-hydrogen) atoms. The molecule has 4 rings (SSSR count). The van der Waals surface area contributed by atoms with Gasteiger partial charge in [-0.1, -0.05) is 11.6 Å². The maximum Gasteiger partial charge on any atom is 0.252 e. The summed E-state index contributed by atoms with van der Waals surface area (Å²) >= 11 is 0. The number of nitrogens with one attached hydrogen (secondary N) is 1. The number of aryl methyl sites for hydroxylation is 2. The van der Waals surface area contributed by atoms with E-state index in [1.165, 1.54) is 0 Å². The van der Waals surface area contributed by atoms with Gasteiger partial charge in [0.25, 0.3) is 5.91 Å². The van der Waals surface area contributed by atoms with E-state index in [4.69, 9.17) is 9.72 Å². The van der Waals surface area contributed by atoms with Gasteiger partial charge in [-0.15, -0.1) is 0 Å². The van der Waals surface area contributed by atoms with E-state index in [-0.39, 0.29) is 11.9 Å². The first-order valence-corrected chi connectivity index (χ1v) is 9.31. The zero-order chi connectivity index (χ0) is 19.0. The lowest BCUT2D eigenvalue weighted by Gasteiger charge is -2.24. The van der Waals surface area contributed by atoms with Crippen molar-refractivity contribution in [1.82, 2.24) is 20.1 Å². The van der Waals surface area contributed by atoms with Crippen molar-refractivity contribution in [1.29, 1.82) is 0 Å².